The summed E-state index contributed by atoms with van der Waals surface area (Å²) < 4.78 is 7.30. The molecule has 7 nitrogen and oxygen atoms in total. The van der Waals surface area contributed by atoms with Gasteiger partial charge in [-0.15, -0.1) is 5.10 Å². The zero-order chi connectivity index (χ0) is 28.4. The number of fused-ring (bicyclic) bond motifs is 1. The van der Waals surface area contributed by atoms with Gasteiger partial charge in [0, 0.05) is 11.4 Å². The van der Waals surface area contributed by atoms with E-state index in [2.05, 4.69) is 80.8 Å². The molecule has 4 aromatic rings. The minimum atomic E-state index is -0.449. The molecule has 0 radical (unpaired) electrons. The zero-order valence-electron chi connectivity index (χ0n) is 23.8. The maximum atomic E-state index is 13.9. The van der Waals surface area contributed by atoms with Gasteiger partial charge in [0.05, 0.1) is 18.4 Å². The fourth-order valence-corrected chi connectivity index (χ4v) is 5.85. The normalized spacial score (nSPS) is 14.6. The Morgan fingerprint density at radius 2 is 1.82 bits per heavy atom. The van der Waals surface area contributed by atoms with Crippen LogP contribution < -0.4 is 15.4 Å². The van der Waals surface area contributed by atoms with Crippen LogP contribution in [0.4, 0.5) is 11.6 Å². The van der Waals surface area contributed by atoms with Crippen molar-refractivity contribution in [2.24, 2.45) is 0 Å². The number of aryl methyl sites for hydroxylation is 2. The summed E-state index contributed by atoms with van der Waals surface area (Å²) in [6.07, 6.45) is 0. The number of allylic oxidation sites excluding steroid dienone is 1. The maximum absolute atomic E-state index is 13.9. The first-order chi connectivity index (χ1) is 19.2. The molecule has 0 spiro atoms. The molecule has 1 aliphatic heterocycles. The molecule has 2 N–H and O–H groups in total. The topological polar surface area (TPSA) is 81.1 Å². The third kappa shape index (κ3) is 5.63. The molecule has 1 aromatic heterocycles. The second-order valence-electron chi connectivity index (χ2n) is 10.4. The van der Waals surface area contributed by atoms with Crippen LogP contribution >= 0.6 is 11.8 Å². The van der Waals surface area contributed by atoms with E-state index in [0.717, 1.165) is 17.0 Å². The summed E-state index contributed by atoms with van der Waals surface area (Å²) in [6, 6.07) is 21.9. The van der Waals surface area contributed by atoms with Crippen LogP contribution in [0.25, 0.3) is 0 Å². The predicted octanol–water partition coefficient (Wildman–Crippen LogP) is 7.25. The minimum absolute atomic E-state index is 0.224. The summed E-state index contributed by atoms with van der Waals surface area (Å²) in [5.41, 5.74) is 7.88. The highest BCUT2D eigenvalue weighted by Gasteiger charge is 2.34. The number of nitrogens with one attached hydrogen (secondary N) is 2. The monoisotopic (exact) mass is 553 g/mol. The average Bonchev–Trinajstić information content (AvgIpc) is 3.34. The lowest BCUT2D eigenvalue weighted by atomic mass is 9.92. The van der Waals surface area contributed by atoms with Crippen LogP contribution in [0, 0.1) is 13.8 Å². The second-order valence-corrected chi connectivity index (χ2v) is 11.4. The molecule has 0 bridgehead atoms. The van der Waals surface area contributed by atoms with Crippen LogP contribution in [-0.2, 0) is 10.5 Å². The van der Waals surface area contributed by atoms with Crippen molar-refractivity contribution in [1.29, 1.82) is 0 Å². The summed E-state index contributed by atoms with van der Waals surface area (Å²) in [5, 5.41) is 12.0. The third-order valence-corrected chi connectivity index (χ3v) is 8.09. The molecule has 1 amide bonds. The highest BCUT2D eigenvalue weighted by molar-refractivity contribution is 7.98. The summed E-state index contributed by atoms with van der Waals surface area (Å²) >= 11 is 1.59. The second kappa shape index (κ2) is 11.6. The van der Waals surface area contributed by atoms with Gasteiger partial charge in [0.15, 0.2) is 0 Å². The number of amides is 1. The van der Waals surface area contributed by atoms with Crippen molar-refractivity contribution in [2.45, 2.75) is 57.5 Å². The van der Waals surface area contributed by atoms with Gasteiger partial charge < -0.3 is 15.4 Å². The Hall–Kier alpha value is -4.04. The van der Waals surface area contributed by atoms with E-state index in [0.29, 0.717) is 34.0 Å². The van der Waals surface area contributed by atoms with Crippen molar-refractivity contribution in [3.05, 3.63) is 106 Å². The van der Waals surface area contributed by atoms with Crippen molar-refractivity contribution in [1.82, 2.24) is 14.8 Å². The molecule has 1 aliphatic rings. The van der Waals surface area contributed by atoms with Crippen LogP contribution in [0.2, 0.25) is 0 Å². The first kappa shape index (κ1) is 27.5. The molecule has 0 aliphatic carbocycles. The number of aromatic nitrogens is 3. The Labute approximate surface area is 240 Å². The fraction of sp³-hybridized carbons (Fsp3) is 0.281. The van der Waals surface area contributed by atoms with Gasteiger partial charge in [-0.3, -0.25) is 4.79 Å². The summed E-state index contributed by atoms with van der Waals surface area (Å²) in [6.45, 7) is 10.5. The van der Waals surface area contributed by atoms with E-state index in [1.807, 2.05) is 35.9 Å². The highest BCUT2D eigenvalue weighted by Crippen LogP contribution is 2.38. The van der Waals surface area contributed by atoms with E-state index < -0.39 is 6.04 Å². The molecular formula is C32H35N5O2S. The van der Waals surface area contributed by atoms with Crippen LogP contribution in [-0.4, -0.2) is 27.8 Å². The number of carbonyl (C=O) groups excluding carboxylic acids is 1. The minimum Gasteiger partial charge on any atom is -0.495 e. The number of benzene rings is 3. The SMILES string of the molecule is COc1ccccc1NC(=O)C1=C(C)Nc2nc(SCc3ccc(C)cc3C)nn2[C@H]1c1ccc(C(C)C)cc1. The molecule has 1 atom stereocenters. The van der Waals surface area contributed by atoms with E-state index in [4.69, 9.17) is 14.8 Å². The first-order valence-electron chi connectivity index (χ1n) is 13.4. The van der Waals surface area contributed by atoms with Gasteiger partial charge in [0.2, 0.25) is 11.1 Å². The van der Waals surface area contributed by atoms with Gasteiger partial charge in [-0.2, -0.15) is 4.98 Å². The molecule has 2 heterocycles. The van der Waals surface area contributed by atoms with Gasteiger partial charge in [0.25, 0.3) is 5.91 Å². The van der Waals surface area contributed by atoms with Gasteiger partial charge in [-0.05, 0) is 61.1 Å². The molecular weight excluding hydrogens is 518 g/mol. The standard InChI is InChI=1S/C32H35N5O2S/c1-19(2)23-13-15-24(16-14-23)29-28(30(38)34-26-9-7-8-10-27(26)39-6)22(5)33-31-35-32(36-37(29)31)40-18-25-12-11-20(3)17-21(25)4/h7-17,19,29H,18H2,1-6H3,(H,34,38)(H,33,35,36)/t29-/m0/s1. The molecule has 8 heteroatoms. The lowest BCUT2D eigenvalue weighted by molar-refractivity contribution is -0.113. The quantitative estimate of drug-likeness (QED) is 0.224. The van der Waals surface area contributed by atoms with E-state index in [1.165, 1.54) is 22.3 Å². The van der Waals surface area contributed by atoms with Crippen molar-refractivity contribution in [3.8, 4) is 5.75 Å². The fourth-order valence-electron chi connectivity index (χ4n) is 4.95. The summed E-state index contributed by atoms with van der Waals surface area (Å²) in [5.74, 6) is 2.16. The molecule has 40 heavy (non-hydrogen) atoms. The Kier molecular flexibility index (Phi) is 7.98. The number of rotatable bonds is 8. The summed E-state index contributed by atoms with van der Waals surface area (Å²) in [7, 11) is 1.59. The lowest BCUT2D eigenvalue weighted by Crippen LogP contribution is -2.31. The number of thioether (sulfide) groups is 1. The summed E-state index contributed by atoms with van der Waals surface area (Å²) in [4.78, 5) is 18.7. The Bertz CT molecular complexity index is 1570. The van der Waals surface area contributed by atoms with Gasteiger partial charge in [-0.25, -0.2) is 4.68 Å². The number of carbonyl (C=O) groups is 1. The van der Waals surface area contributed by atoms with E-state index in [1.54, 1.807) is 18.9 Å². The number of para-hydroxylation sites is 2. The number of methoxy groups -OCH3 is 1. The Morgan fingerprint density at radius 3 is 2.52 bits per heavy atom. The number of hydrogen-bond donors (Lipinski definition) is 2. The molecule has 3 aromatic carbocycles. The molecule has 5 rings (SSSR count). The predicted molar refractivity (Wildman–Crippen MR) is 162 cm³/mol. The van der Waals surface area contributed by atoms with Crippen molar-refractivity contribution >= 4 is 29.3 Å². The smallest absolute Gasteiger partial charge is 0.255 e. The average molecular weight is 554 g/mol. The number of anilines is 2. The van der Waals surface area contributed by atoms with Gasteiger partial charge in [-0.1, -0.05) is 85.8 Å². The number of ether oxygens (including phenoxy) is 1. The maximum Gasteiger partial charge on any atom is 0.255 e. The zero-order valence-corrected chi connectivity index (χ0v) is 24.6. The Balaban J connectivity index is 1.50. The lowest BCUT2D eigenvalue weighted by Gasteiger charge is -2.29. The van der Waals surface area contributed by atoms with Crippen LogP contribution in [0.3, 0.4) is 0 Å². The Morgan fingerprint density at radius 1 is 1.07 bits per heavy atom. The van der Waals surface area contributed by atoms with E-state index in [-0.39, 0.29) is 5.91 Å². The van der Waals surface area contributed by atoms with E-state index >= 15 is 0 Å². The van der Waals surface area contributed by atoms with Crippen molar-refractivity contribution in [2.75, 3.05) is 17.7 Å². The largest absolute Gasteiger partial charge is 0.495 e. The van der Waals surface area contributed by atoms with Crippen molar-refractivity contribution in [3.63, 3.8) is 0 Å². The van der Waals surface area contributed by atoms with Gasteiger partial charge >= 0.3 is 0 Å². The van der Waals surface area contributed by atoms with Crippen LogP contribution in [0.1, 0.15) is 60.5 Å². The molecule has 206 valence electrons. The molecule has 0 saturated carbocycles. The first-order valence-corrected chi connectivity index (χ1v) is 14.4. The number of nitrogens with zero attached hydrogens (tertiary/aromatic N) is 3. The van der Waals surface area contributed by atoms with E-state index in [9.17, 15) is 4.79 Å². The highest BCUT2D eigenvalue weighted by atomic mass is 32.2. The third-order valence-electron chi connectivity index (χ3n) is 7.21. The van der Waals surface area contributed by atoms with Crippen LogP contribution in [0.15, 0.2) is 83.2 Å². The number of hydrogen-bond acceptors (Lipinski definition) is 6. The van der Waals surface area contributed by atoms with Crippen LogP contribution in [0.5, 0.6) is 5.75 Å². The van der Waals surface area contributed by atoms with Gasteiger partial charge in [0.1, 0.15) is 11.8 Å². The molecule has 0 fully saturated rings. The van der Waals surface area contributed by atoms with Crippen molar-refractivity contribution < 1.29 is 9.53 Å². The molecule has 0 unspecified atom stereocenters. The molecule has 0 saturated heterocycles.